The number of nitrogens with one attached hydrogen (secondary N) is 1. The zero-order chi connectivity index (χ0) is 20.1. The van der Waals surface area contributed by atoms with Crippen molar-refractivity contribution in [2.75, 3.05) is 18.1 Å². The summed E-state index contributed by atoms with van der Waals surface area (Å²) in [7, 11) is 0. The maximum Gasteiger partial charge on any atom is 0.240 e. The van der Waals surface area contributed by atoms with Crippen molar-refractivity contribution in [3.05, 3.63) is 78.4 Å². The minimum Gasteiger partial charge on any atom is -0.491 e. The largest absolute Gasteiger partial charge is 0.491 e. The van der Waals surface area contributed by atoms with Crippen molar-refractivity contribution in [3.8, 4) is 5.75 Å². The molecule has 1 aliphatic heterocycles. The van der Waals surface area contributed by atoms with Crippen molar-refractivity contribution in [1.29, 1.82) is 0 Å². The van der Waals surface area contributed by atoms with Crippen molar-refractivity contribution in [2.45, 2.75) is 19.5 Å². The summed E-state index contributed by atoms with van der Waals surface area (Å²) in [4.78, 5) is 30.7. The molecule has 4 rings (SSSR count). The zero-order valence-corrected chi connectivity index (χ0v) is 16.0. The van der Waals surface area contributed by atoms with Gasteiger partial charge in [-0.15, -0.1) is 0 Å². The van der Waals surface area contributed by atoms with E-state index in [1.54, 1.807) is 18.6 Å². The van der Waals surface area contributed by atoms with Crippen LogP contribution in [0.25, 0.3) is 0 Å². The molecule has 1 N–H and O–H groups in total. The third-order valence-electron chi connectivity index (χ3n) is 4.84. The lowest BCUT2D eigenvalue weighted by molar-refractivity contribution is -0.124. The number of amides is 2. The van der Waals surface area contributed by atoms with Crippen molar-refractivity contribution in [3.63, 3.8) is 0 Å². The van der Waals surface area contributed by atoms with E-state index in [1.165, 1.54) is 4.90 Å². The smallest absolute Gasteiger partial charge is 0.240 e. The van der Waals surface area contributed by atoms with E-state index in [2.05, 4.69) is 10.3 Å². The second kappa shape index (κ2) is 8.60. The van der Waals surface area contributed by atoms with Crippen molar-refractivity contribution >= 4 is 17.5 Å². The van der Waals surface area contributed by atoms with E-state index >= 15 is 0 Å². The number of carbonyl (C=O) groups is 2. The van der Waals surface area contributed by atoms with Crippen LogP contribution in [0.4, 0.5) is 5.69 Å². The Bertz CT molecular complexity index is 1000. The number of carbonyl (C=O) groups excluding carboxylic acids is 2. The van der Waals surface area contributed by atoms with Crippen LogP contribution in [0.2, 0.25) is 0 Å². The molecule has 29 heavy (non-hydrogen) atoms. The lowest BCUT2D eigenvalue weighted by atomic mass is 10.1. The molecule has 7 heteroatoms. The van der Waals surface area contributed by atoms with Crippen LogP contribution >= 0.6 is 0 Å². The average Bonchev–Trinajstić information content (AvgIpc) is 3.19. The first-order valence-corrected chi connectivity index (χ1v) is 9.52. The van der Waals surface area contributed by atoms with Crippen LogP contribution in [0.15, 0.2) is 67.3 Å². The number of anilines is 1. The Labute approximate surface area is 168 Å². The van der Waals surface area contributed by atoms with E-state index in [0.717, 1.165) is 11.1 Å². The molecule has 1 aromatic heterocycles. The SMILES string of the molecule is O=C(CN1C(=O)CCOc2ccccc21)NCc1ccccc1Cn1ccnc1. The molecule has 7 nitrogen and oxygen atoms in total. The first kappa shape index (κ1) is 18.7. The quantitative estimate of drug-likeness (QED) is 0.701. The molecule has 2 heterocycles. The Balaban J connectivity index is 1.43. The standard InChI is InChI=1S/C22H22N4O3/c27-21(15-26-19-7-3-4-8-20(19)29-12-9-22(26)28)24-13-17-5-1-2-6-18(17)14-25-11-10-23-16-25/h1-8,10-11,16H,9,12-15H2,(H,24,27). The van der Waals surface area contributed by atoms with Crippen molar-refractivity contribution in [1.82, 2.24) is 14.9 Å². The van der Waals surface area contributed by atoms with Gasteiger partial charge in [0.25, 0.3) is 0 Å². The lowest BCUT2D eigenvalue weighted by Crippen LogP contribution is -2.40. The molecule has 2 amide bonds. The third kappa shape index (κ3) is 4.45. The summed E-state index contributed by atoms with van der Waals surface area (Å²) in [6.07, 6.45) is 5.65. The zero-order valence-electron chi connectivity index (χ0n) is 16.0. The molecule has 0 atom stereocenters. The topological polar surface area (TPSA) is 76.5 Å². The Morgan fingerprint density at radius 3 is 2.72 bits per heavy atom. The summed E-state index contributed by atoms with van der Waals surface area (Å²) in [5.74, 6) is 0.287. The summed E-state index contributed by atoms with van der Waals surface area (Å²) in [5.41, 5.74) is 2.77. The number of hydrogen-bond donors (Lipinski definition) is 1. The van der Waals surface area contributed by atoms with E-state index in [9.17, 15) is 9.59 Å². The molecule has 0 unspecified atom stereocenters. The number of hydrogen-bond acceptors (Lipinski definition) is 4. The second-order valence-corrected chi connectivity index (χ2v) is 6.83. The van der Waals surface area contributed by atoms with Gasteiger partial charge >= 0.3 is 0 Å². The molecule has 0 fully saturated rings. The molecule has 1 aliphatic rings. The molecule has 3 aromatic rings. The fraction of sp³-hybridized carbons (Fsp3) is 0.227. The first-order chi connectivity index (χ1) is 14.2. The van der Waals surface area contributed by atoms with Gasteiger partial charge in [0.15, 0.2) is 0 Å². The number of rotatable bonds is 6. The van der Waals surface area contributed by atoms with E-state index in [-0.39, 0.29) is 24.8 Å². The molecule has 0 saturated heterocycles. The summed E-state index contributed by atoms with van der Waals surface area (Å²) in [5, 5.41) is 2.94. The van der Waals surface area contributed by atoms with Gasteiger partial charge in [0.2, 0.25) is 11.8 Å². The highest BCUT2D eigenvalue weighted by atomic mass is 16.5. The highest BCUT2D eigenvalue weighted by Gasteiger charge is 2.24. The summed E-state index contributed by atoms with van der Waals surface area (Å²) in [6, 6.07) is 15.2. The number of aromatic nitrogens is 2. The monoisotopic (exact) mass is 390 g/mol. The normalized spacial score (nSPS) is 13.4. The predicted molar refractivity (Wildman–Crippen MR) is 109 cm³/mol. The van der Waals surface area contributed by atoms with Gasteiger partial charge in [-0.05, 0) is 23.3 Å². The third-order valence-corrected chi connectivity index (χ3v) is 4.84. The molecule has 0 saturated carbocycles. The van der Waals surface area contributed by atoms with Gasteiger partial charge in [-0.2, -0.15) is 0 Å². The second-order valence-electron chi connectivity index (χ2n) is 6.83. The maximum absolute atomic E-state index is 12.6. The number of imidazole rings is 1. The fourth-order valence-electron chi connectivity index (χ4n) is 3.35. The predicted octanol–water partition coefficient (Wildman–Crippen LogP) is 2.36. The van der Waals surface area contributed by atoms with Gasteiger partial charge < -0.3 is 14.6 Å². The van der Waals surface area contributed by atoms with Crippen LogP contribution < -0.4 is 15.0 Å². The van der Waals surface area contributed by atoms with Gasteiger partial charge in [0, 0.05) is 25.5 Å². The van der Waals surface area contributed by atoms with Crippen LogP contribution in [0, 0.1) is 0 Å². The lowest BCUT2D eigenvalue weighted by Gasteiger charge is -2.21. The van der Waals surface area contributed by atoms with E-state index in [0.29, 0.717) is 31.1 Å². The number of ether oxygens (including phenoxy) is 1. The molecule has 148 valence electrons. The van der Waals surface area contributed by atoms with Crippen LogP contribution in [-0.4, -0.2) is 34.5 Å². The van der Waals surface area contributed by atoms with Gasteiger partial charge in [-0.25, -0.2) is 4.98 Å². The van der Waals surface area contributed by atoms with Crippen LogP contribution in [0.1, 0.15) is 17.5 Å². The average molecular weight is 390 g/mol. The summed E-state index contributed by atoms with van der Waals surface area (Å²) >= 11 is 0. The first-order valence-electron chi connectivity index (χ1n) is 9.52. The van der Waals surface area contributed by atoms with Gasteiger partial charge in [0.1, 0.15) is 12.3 Å². The van der Waals surface area contributed by atoms with Gasteiger partial charge in [-0.3, -0.25) is 14.5 Å². The van der Waals surface area contributed by atoms with Gasteiger partial charge in [-0.1, -0.05) is 36.4 Å². The fourth-order valence-corrected chi connectivity index (χ4v) is 3.35. The maximum atomic E-state index is 12.6. The molecule has 0 radical (unpaired) electrons. The van der Waals surface area contributed by atoms with Crippen molar-refractivity contribution in [2.24, 2.45) is 0 Å². The van der Waals surface area contributed by atoms with E-state index < -0.39 is 0 Å². The van der Waals surface area contributed by atoms with Crippen LogP contribution in [-0.2, 0) is 22.7 Å². The Kier molecular flexibility index (Phi) is 5.56. The Morgan fingerprint density at radius 1 is 1.10 bits per heavy atom. The Morgan fingerprint density at radius 2 is 1.90 bits per heavy atom. The minimum atomic E-state index is -0.215. The van der Waals surface area contributed by atoms with Crippen molar-refractivity contribution < 1.29 is 14.3 Å². The molecule has 0 spiro atoms. The minimum absolute atomic E-state index is 0.0388. The molecular weight excluding hydrogens is 368 g/mol. The highest BCUT2D eigenvalue weighted by molar-refractivity contribution is 6.00. The number of benzene rings is 2. The van der Waals surface area contributed by atoms with Gasteiger partial charge in [0.05, 0.1) is 25.0 Å². The van der Waals surface area contributed by atoms with E-state index in [1.807, 2.05) is 53.2 Å². The number of nitrogens with zero attached hydrogens (tertiary/aromatic N) is 3. The molecule has 2 aromatic carbocycles. The number of fused-ring (bicyclic) bond motifs is 1. The Hall–Kier alpha value is -3.61. The summed E-state index contributed by atoms with van der Waals surface area (Å²) < 4.78 is 7.60. The van der Waals surface area contributed by atoms with Crippen LogP contribution in [0.5, 0.6) is 5.75 Å². The van der Waals surface area contributed by atoms with E-state index in [4.69, 9.17) is 4.74 Å². The highest BCUT2D eigenvalue weighted by Crippen LogP contribution is 2.30. The molecule has 0 aliphatic carbocycles. The number of para-hydroxylation sites is 2. The summed E-state index contributed by atoms with van der Waals surface area (Å²) in [6.45, 7) is 1.35. The molecule has 0 bridgehead atoms. The van der Waals surface area contributed by atoms with Crippen LogP contribution in [0.3, 0.4) is 0 Å². The molecular formula is C22H22N4O3.